The Kier molecular flexibility index (Phi) is 5.43. The van der Waals surface area contributed by atoms with Gasteiger partial charge >= 0.3 is 0 Å². The molecule has 1 aliphatic rings. The second-order valence-electron chi connectivity index (χ2n) is 6.64. The van der Waals surface area contributed by atoms with Crippen LogP contribution in [0.1, 0.15) is 12.5 Å². The highest BCUT2D eigenvalue weighted by molar-refractivity contribution is 7.99. The monoisotopic (exact) mass is 397 g/mol. The van der Waals surface area contributed by atoms with E-state index in [1.165, 1.54) is 11.8 Å². The second-order valence-corrected chi connectivity index (χ2v) is 7.59. The molecule has 0 saturated heterocycles. The van der Waals surface area contributed by atoms with Gasteiger partial charge in [0.2, 0.25) is 5.91 Å². The highest BCUT2D eigenvalue weighted by atomic mass is 32.2. The van der Waals surface area contributed by atoms with Gasteiger partial charge in [0.1, 0.15) is 13.2 Å². The maximum Gasteiger partial charge on any atom is 0.233 e. The number of aryl methyl sites for hydroxylation is 1. The van der Waals surface area contributed by atoms with Crippen molar-refractivity contribution in [1.29, 1.82) is 0 Å². The molecule has 0 fully saturated rings. The average Bonchev–Trinajstić information content (AvgIpc) is 3.09. The highest BCUT2D eigenvalue weighted by Crippen LogP contribution is 2.31. The van der Waals surface area contributed by atoms with E-state index in [4.69, 9.17) is 9.47 Å². The third-order valence-electron chi connectivity index (χ3n) is 4.71. The molecule has 28 heavy (non-hydrogen) atoms. The van der Waals surface area contributed by atoms with E-state index >= 15 is 0 Å². The molecule has 0 radical (unpaired) electrons. The van der Waals surface area contributed by atoms with Crippen molar-refractivity contribution in [2.24, 2.45) is 0 Å². The quantitative estimate of drug-likeness (QED) is 0.595. The number of carbonyl (C=O) groups is 1. The molecule has 146 valence electrons. The Balaban J connectivity index is 1.40. The van der Waals surface area contributed by atoms with E-state index in [1.807, 2.05) is 43.4 Å². The molecular weight excluding hydrogens is 374 g/mol. The Bertz CT molecular complexity index is 1000. The third-order valence-corrected chi connectivity index (χ3v) is 5.67. The van der Waals surface area contributed by atoms with E-state index in [-0.39, 0.29) is 5.91 Å². The van der Waals surface area contributed by atoms with Crippen LogP contribution in [0.4, 0.5) is 0 Å². The summed E-state index contributed by atoms with van der Waals surface area (Å²) in [5, 5.41) is 0.879. The Labute approximate surface area is 168 Å². The topological polar surface area (TPSA) is 56.6 Å². The van der Waals surface area contributed by atoms with Crippen molar-refractivity contribution >= 4 is 28.7 Å². The van der Waals surface area contributed by atoms with Gasteiger partial charge < -0.3 is 18.9 Å². The van der Waals surface area contributed by atoms with Gasteiger partial charge in [-0.3, -0.25) is 4.79 Å². The van der Waals surface area contributed by atoms with E-state index in [1.54, 1.807) is 4.90 Å². The first-order valence-corrected chi connectivity index (χ1v) is 10.3. The highest BCUT2D eigenvalue weighted by Gasteiger charge is 2.16. The Hall–Kier alpha value is -2.67. The number of hydrogen-bond acceptors (Lipinski definition) is 5. The summed E-state index contributed by atoms with van der Waals surface area (Å²) in [5.74, 6) is 1.92. The molecule has 0 N–H and O–H groups in total. The summed E-state index contributed by atoms with van der Waals surface area (Å²) in [6.07, 6.45) is 0. The molecule has 2 heterocycles. The van der Waals surface area contributed by atoms with E-state index < -0.39 is 0 Å². The fourth-order valence-corrected chi connectivity index (χ4v) is 4.27. The number of para-hydroxylation sites is 2. The van der Waals surface area contributed by atoms with E-state index in [0.717, 1.165) is 39.8 Å². The number of imidazole rings is 1. The summed E-state index contributed by atoms with van der Waals surface area (Å²) in [7, 11) is 1.82. The van der Waals surface area contributed by atoms with Gasteiger partial charge in [0, 0.05) is 20.1 Å². The molecular formula is C21H23N3O3S. The third kappa shape index (κ3) is 3.80. The summed E-state index contributed by atoms with van der Waals surface area (Å²) >= 11 is 1.48. The van der Waals surface area contributed by atoms with Gasteiger partial charge in [-0.2, -0.15) is 0 Å². The van der Waals surface area contributed by atoms with Crippen molar-refractivity contribution in [3.8, 4) is 11.5 Å². The van der Waals surface area contributed by atoms with Gasteiger partial charge in [-0.1, -0.05) is 30.0 Å². The summed E-state index contributed by atoms with van der Waals surface area (Å²) in [6.45, 7) is 4.57. The van der Waals surface area contributed by atoms with Gasteiger partial charge in [-0.25, -0.2) is 4.98 Å². The number of aromatic nitrogens is 2. The number of rotatable bonds is 6. The fraction of sp³-hybridized carbons (Fsp3) is 0.333. The molecule has 0 saturated carbocycles. The van der Waals surface area contributed by atoms with E-state index in [0.29, 0.717) is 25.5 Å². The average molecular weight is 398 g/mol. The molecule has 0 unspecified atom stereocenters. The molecule has 1 amide bonds. The maximum absolute atomic E-state index is 12.6. The van der Waals surface area contributed by atoms with Crippen LogP contribution in [0, 0.1) is 0 Å². The molecule has 1 aromatic heterocycles. The zero-order valence-corrected chi connectivity index (χ0v) is 16.9. The largest absolute Gasteiger partial charge is 0.486 e. The lowest BCUT2D eigenvalue weighted by molar-refractivity contribution is -0.127. The molecule has 0 aliphatic carbocycles. The van der Waals surface area contributed by atoms with Crippen molar-refractivity contribution in [3.05, 3.63) is 48.0 Å². The van der Waals surface area contributed by atoms with E-state index in [2.05, 4.69) is 22.5 Å². The zero-order chi connectivity index (χ0) is 19.5. The number of ether oxygens (including phenoxy) is 2. The minimum Gasteiger partial charge on any atom is -0.486 e. The molecule has 0 spiro atoms. The smallest absolute Gasteiger partial charge is 0.233 e. The fourth-order valence-electron chi connectivity index (χ4n) is 3.25. The van der Waals surface area contributed by atoms with E-state index in [9.17, 15) is 4.79 Å². The predicted octanol–water partition coefficient (Wildman–Crippen LogP) is 3.58. The first-order valence-electron chi connectivity index (χ1n) is 9.36. The number of thioether (sulfide) groups is 1. The van der Waals surface area contributed by atoms with Crippen LogP contribution >= 0.6 is 11.8 Å². The van der Waals surface area contributed by atoms with Crippen LogP contribution in [0.2, 0.25) is 0 Å². The predicted molar refractivity (Wildman–Crippen MR) is 110 cm³/mol. The summed E-state index contributed by atoms with van der Waals surface area (Å²) in [5.41, 5.74) is 3.08. The normalized spacial score (nSPS) is 12.9. The molecule has 6 nitrogen and oxygen atoms in total. The number of carbonyl (C=O) groups excluding carboxylic acids is 1. The lowest BCUT2D eigenvalue weighted by Gasteiger charge is -2.21. The minimum atomic E-state index is 0.0644. The van der Waals surface area contributed by atoms with Crippen molar-refractivity contribution in [2.45, 2.75) is 25.2 Å². The van der Waals surface area contributed by atoms with Crippen LogP contribution in [0.3, 0.4) is 0 Å². The van der Waals surface area contributed by atoms with Crippen LogP contribution in [0.5, 0.6) is 11.5 Å². The minimum absolute atomic E-state index is 0.0644. The Morgan fingerprint density at radius 3 is 2.79 bits per heavy atom. The number of hydrogen-bond donors (Lipinski definition) is 0. The number of nitrogens with zero attached hydrogens (tertiary/aromatic N) is 3. The SMILES string of the molecule is CCn1c(SCC(=O)N(C)Cc2ccc3c(c2)OCCO3)nc2ccccc21. The van der Waals surface area contributed by atoms with Gasteiger partial charge in [-0.15, -0.1) is 0 Å². The van der Waals surface area contributed by atoms with Gasteiger partial charge in [0.05, 0.1) is 16.8 Å². The Morgan fingerprint density at radius 1 is 1.18 bits per heavy atom. The van der Waals surface area contributed by atoms with Crippen molar-refractivity contribution in [3.63, 3.8) is 0 Å². The molecule has 0 bridgehead atoms. The van der Waals surface area contributed by atoms with Gasteiger partial charge in [0.25, 0.3) is 0 Å². The molecule has 7 heteroatoms. The summed E-state index contributed by atoms with van der Waals surface area (Å²) in [6, 6.07) is 13.9. The standard InChI is InChI=1S/C21H23N3O3S/c1-3-24-17-7-5-4-6-16(17)22-21(24)28-14-20(25)23(2)13-15-8-9-18-19(12-15)27-11-10-26-18/h4-9,12H,3,10-11,13-14H2,1-2H3. The van der Waals surface area contributed by atoms with Crippen LogP contribution < -0.4 is 9.47 Å². The number of fused-ring (bicyclic) bond motifs is 2. The van der Waals surface area contributed by atoms with Crippen LogP contribution in [0.25, 0.3) is 11.0 Å². The molecule has 3 aromatic rings. The first kappa shape index (κ1) is 18.7. The van der Waals surface area contributed by atoms with Gasteiger partial charge in [0.15, 0.2) is 16.7 Å². The van der Waals surface area contributed by atoms with Crippen LogP contribution in [0.15, 0.2) is 47.6 Å². The van der Waals surface area contributed by atoms with Crippen molar-refractivity contribution < 1.29 is 14.3 Å². The van der Waals surface area contributed by atoms with Crippen LogP contribution in [-0.2, 0) is 17.9 Å². The lowest BCUT2D eigenvalue weighted by atomic mass is 10.2. The second kappa shape index (κ2) is 8.14. The summed E-state index contributed by atoms with van der Waals surface area (Å²) in [4.78, 5) is 19.0. The number of amides is 1. The first-order chi connectivity index (χ1) is 13.7. The Morgan fingerprint density at radius 2 is 1.96 bits per heavy atom. The zero-order valence-electron chi connectivity index (χ0n) is 16.1. The van der Waals surface area contributed by atoms with Crippen molar-refractivity contribution in [2.75, 3.05) is 26.0 Å². The number of benzene rings is 2. The molecule has 0 atom stereocenters. The van der Waals surface area contributed by atoms with Gasteiger partial charge in [-0.05, 0) is 36.8 Å². The maximum atomic E-state index is 12.6. The molecule has 4 rings (SSSR count). The summed E-state index contributed by atoms with van der Waals surface area (Å²) < 4.78 is 13.3. The molecule has 2 aromatic carbocycles. The molecule has 1 aliphatic heterocycles. The lowest BCUT2D eigenvalue weighted by Crippen LogP contribution is -2.28. The van der Waals surface area contributed by atoms with Crippen molar-refractivity contribution in [1.82, 2.24) is 14.5 Å². The van der Waals surface area contributed by atoms with Crippen LogP contribution in [-0.4, -0.2) is 46.4 Å².